The number of amides is 2. The number of anilines is 1. The van der Waals surface area contributed by atoms with Crippen molar-refractivity contribution in [3.63, 3.8) is 0 Å². The van der Waals surface area contributed by atoms with Crippen LogP contribution in [0.5, 0.6) is 0 Å². The molecule has 1 aromatic carbocycles. The lowest BCUT2D eigenvalue weighted by Crippen LogP contribution is -2.44. The Labute approximate surface area is 121 Å². The Hall–Kier alpha value is -2.41. The summed E-state index contributed by atoms with van der Waals surface area (Å²) in [5.74, 6) is -1.79. The van der Waals surface area contributed by atoms with Crippen LogP contribution in [-0.4, -0.2) is 42.1 Å². The van der Waals surface area contributed by atoms with E-state index in [1.807, 2.05) is 0 Å². The van der Waals surface area contributed by atoms with Crippen molar-refractivity contribution in [1.82, 2.24) is 5.32 Å². The molecule has 2 atom stereocenters. The number of hydrogen-bond donors (Lipinski definition) is 3. The number of nitrogens with one attached hydrogen (secondary N) is 2. The fourth-order valence-corrected chi connectivity index (χ4v) is 2.06. The van der Waals surface area contributed by atoms with Crippen LogP contribution < -0.4 is 10.6 Å². The van der Waals surface area contributed by atoms with Crippen LogP contribution in [-0.2, 0) is 9.53 Å². The number of carbonyl (C=O) groups excluding carboxylic acids is 2. The predicted molar refractivity (Wildman–Crippen MR) is 74.3 cm³/mol. The number of hydrogen-bond acceptors (Lipinski definition) is 4. The van der Waals surface area contributed by atoms with Crippen molar-refractivity contribution in [1.29, 1.82) is 0 Å². The van der Waals surface area contributed by atoms with Crippen LogP contribution in [0.15, 0.2) is 24.3 Å². The van der Waals surface area contributed by atoms with Gasteiger partial charge >= 0.3 is 12.0 Å². The quantitative estimate of drug-likeness (QED) is 0.721. The van der Waals surface area contributed by atoms with E-state index in [0.717, 1.165) is 0 Å². The molecule has 1 heterocycles. The second kappa shape index (κ2) is 6.36. The van der Waals surface area contributed by atoms with Crippen LogP contribution in [0.2, 0.25) is 0 Å². The van der Waals surface area contributed by atoms with Crippen molar-refractivity contribution in [2.75, 3.05) is 18.5 Å². The lowest BCUT2D eigenvalue weighted by molar-refractivity contribution is -0.142. The van der Waals surface area contributed by atoms with Crippen molar-refractivity contribution in [3.05, 3.63) is 29.8 Å². The number of benzene rings is 1. The molecule has 0 bridgehead atoms. The Bertz CT molecular complexity index is 555. The van der Waals surface area contributed by atoms with Crippen LogP contribution in [0.4, 0.5) is 10.5 Å². The van der Waals surface area contributed by atoms with Crippen LogP contribution in [0.25, 0.3) is 0 Å². The summed E-state index contributed by atoms with van der Waals surface area (Å²) < 4.78 is 5.06. The first kappa shape index (κ1) is 15.0. The fourth-order valence-electron chi connectivity index (χ4n) is 2.06. The fraction of sp³-hybridized carbons (Fsp3) is 0.357. The first-order chi connectivity index (χ1) is 9.97. The molecule has 2 unspecified atom stereocenters. The van der Waals surface area contributed by atoms with Crippen LogP contribution in [0.3, 0.4) is 0 Å². The molecule has 1 aliphatic heterocycles. The number of ether oxygens (including phenoxy) is 1. The Morgan fingerprint density at radius 3 is 2.43 bits per heavy atom. The van der Waals surface area contributed by atoms with E-state index in [1.54, 1.807) is 24.3 Å². The minimum atomic E-state index is -0.997. The number of carboxylic acids is 1. The molecule has 1 fully saturated rings. The number of Topliss-reactive ketones (excluding diaryl/α,β-unsaturated/α-hetero) is 1. The third-order valence-electron chi connectivity index (χ3n) is 3.26. The van der Waals surface area contributed by atoms with Crippen molar-refractivity contribution in [3.8, 4) is 0 Å². The molecular weight excluding hydrogens is 276 g/mol. The zero-order chi connectivity index (χ0) is 15.4. The summed E-state index contributed by atoms with van der Waals surface area (Å²) in [7, 11) is 0. The molecule has 2 amide bonds. The predicted octanol–water partition coefficient (Wildman–Crippen LogP) is 1.11. The highest BCUT2D eigenvalue weighted by molar-refractivity contribution is 5.95. The molecule has 0 aromatic heterocycles. The van der Waals surface area contributed by atoms with Gasteiger partial charge in [0.25, 0.3) is 0 Å². The molecule has 1 saturated heterocycles. The van der Waals surface area contributed by atoms with Gasteiger partial charge in [-0.1, -0.05) is 0 Å². The summed E-state index contributed by atoms with van der Waals surface area (Å²) in [5, 5.41) is 14.1. The first-order valence-corrected chi connectivity index (χ1v) is 6.46. The number of carboxylic acid groups (broad SMARTS) is 1. The third-order valence-corrected chi connectivity index (χ3v) is 3.26. The third kappa shape index (κ3) is 3.79. The van der Waals surface area contributed by atoms with Crippen molar-refractivity contribution < 1.29 is 24.2 Å². The summed E-state index contributed by atoms with van der Waals surface area (Å²) in [6.45, 7) is 1.72. The Kier molecular flexibility index (Phi) is 4.54. The molecule has 2 rings (SSSR count). The zero-order valence-electron chi connectivity index (χ0n) is 11.5. The highest BCUT2D eigenvalue weighted by Gasteiger charge is 2.35. The average Bonchev–Trinajstić information content (AvgIpc) is 2.87. The Morgan fingerprint density at radius 2 is 1.86 bits per heavy atom. The highest BCUT2D eigenvalue weighted by atomic mass is 16.5. The Morgan fingerprint density at radius 1 is 1.19 bits per heavy atom. The number of ketones is 1. The molecule has 3 N–H and O–H groups in total. The van der Waals surface area contributed by atoms with Crippen molar-refractivity contribution in [2.24, 2.45) is 5.92 Å². The standard InChI is InChI=1S/C14H16N2O5/c1-8(17)9-2-4-10(5-3-9)15-14(20)16-12-7-21-6-11(12)13(18)19/h2-5,11-12H,6-7H2,1H3,(H,18,19)(H2,15,16,20). The minimum absolute atomic E-state index is 0.0570. The van der Waals surface area contributed by atoms with E-state index < -0.39 is 24.0 Å². The van der Waals surface area contributed by atoms with E-state index in [2.05, 4.69) is 10.6 Å². The highest BCUT2D eigenvalue weighted by Crippen LogP contribution is 2.15. The summed E-state index contributed by atoms with van der Waals surface area (Å²) in [4.78, 5) is 33.9. The number of urea groups is 1. The van der Waals surface area contributed by atoms with E-state index in [9.17, 15) is 14.4 Å². The molecule has 0 aliphatic carbocycles. The van der Waals surface area contributed by atoms with E-state index in [1.165, 1.54) is 6.92 Å². The minimum Gasteiger partial charge on any atom is -0.481 e. The normalized spacial score (nSPS) is 20.8. The van der Waals surface area contributed by atoms with Crippen molar-refractivity contribution in [2.45, 2.75) is 13.0 Å². The number of rotatable bonds is 4. The maximum atomic E-state index is 11.8. The van der Waals surface area contributed by atoms with Crippen LogP contribution in [0, 0.1) is 5.92 Å². The smallest absolute Gasteiger partial charge is 0.319 e. The molecular formula is C14H16N2O5. The molecule has 1 aliphatic rings. The van der Waals surface area contributed by atoms with Gasteiger partial charge in [0.15, 0.2) is 5.78 Å². The van der Waals surface area contributed by atoms with Gasteiger partial charge in [-0.3, -0.25) is 9.59 Å². The topological polar surface area (TPSA) is 105 Å². The largest absolute Gasteiger partial charge is 0.481 e. The van der Waals surface area contributed by atoms with E-state index in [4.69, 9.17) is 9.84 Å². The summed E-state index contributed by atoms with van der Waals surface area (Å²) in [5.41, 5.74) is 1.07. The molecule has 0 saturated carbocycles. The lowest BCUT2D eigenvalue weighted by atomic mass is 10.0. The van der Waals surface area contributed by atoms with Crippen LogP contribution in [0.1, 0.15) is 17.3 Å². The monoisotopic (exact) mass is 292 g/mol. The van der Waals surface area contributed by atoms with Gasteiger partial charge in [0.05, 0.1) is 19.3 Å². The maximum absolute atomic E-state index is 11.8. The average molecular weight is 292 g/mol. The first-order valence-electron chi connectivity index (χ1n) is 6.46. The van der Waals surface area contributed by atoms with Gasteiger partial charge in [0, 0.05) is 11.3 Å². The van der Waals surface area contributed by atoms with E-state index >= 15 is 0 Å². The second-order valence-corrected chi connectivity index (χ2v) is 4.82. The van der Waals surface area contributed by atoms with Gasteiger partial charge in [-0.25, -0.2) is 4.79 Å². The maximum Gasteiger partial charge on any atom is 0.319 e. The molecule has 7 nitrogen and oxygen atoms in total. The van der Waals surface area contributed by atoms with Gasteiger partial charge in [0.2, 0.25) is 0 Å². The molecule has 112 valence electrons. The molecule has 0 radical (unpaired) electrons. The Balaban J connectivity index is 1.92. The van der Waals surface area contributed by atoms with Gasteiger partial charge in [-0.2, -0.15) is 0 Å². The van der Waals surface area contributed by atoms with E-state index in [-0.39, 0.29) is 19.0 Å². The van der Waals surface area contributed by atoms with Crippen LogP contribution >= 0.6 is 0 Å². The van der Waals surface area contributed by atoms with Gasteiger partial charge < -0.3 is 20.5 Å². The molecule has 7 heteroatoms. The number of aliphatic carboxylic acids is 1. The van der Waals surface area contributed by atoms with Crippen molar-refractivity contribution >= 4 is 23.5 Å². The van der Waals surface area contributed by atoms with Gasteiger partial charge in [-0.05, 0) is 31.2 Å². The SMILES string of the molecule is CC(=O)c1ccc(NC(=O)NC2COCC2C(=O)O)cc1. The second-order valence-electron chi connectivity index (χ2n) is 4.82. The molecule has 0 spiro atoms. The lowest BCUT2D eigenvalue weighted by Gasteiger charge is -2.16. The zero-order valence-corrected chi connectivity index (χ0v) is 11.5. The molecule has 1 aromatic rings. The van der Waals surface area contributed by atoms with Gasteiger partial charge in [-0.15, -0.1) is 0 Å². The number of carbonyl (C=O) groups is 3. The van der Waals surface area contributed by atoms with Gasteiger partial charge in [0.1, 0.15) is 5.92 Å². The summed E-state index contributed by atoms with van der Waals surface area (Å²) in [6, 6.07) is 5.37. The summed E-state index contributed by atoms with van der Waals surface area (Å²) >= 11 is 0. The summed E-state index contributed by atoms with van der Waals surface area (Å²) in [6.07, 6.45) is 0. The van der Waals surface area contributed by atoms with E-state index in [0.29, 0.717) is 11.3 Å². The molecule has 21 heavy (non-hydrogen) atoms.